The number of carbonyl (C=O) groups excluding carboxylic acids is 1. The van der Waals surface area contributed by atoms with Crippen LogP contribution < -0.4 is 10.1 Å². The van der Waals surface area contributed by atoms with Gasteiger partial charge in [-0.15, -0.1) is 0 Å². The first kappa shape index (κ1) is 15.4. The molecule has 2 aromatic carbocycles. The highest BCUT2D eigenvalue weighted by Gasteiger charge is 2.08. The lowest BCUT2D eigenvalue weighted by Gasteiger charge is -2.07. The first-order valence-corrected chi connectivity index (χ1v) is 7.24. The van der Waals surface area contributed by atoms with E-state index >= 15 is 0 Å². The molecule has 21 heavy (non-hydrogen) atoms. The molecule has 0 bridgehead atoms. The standard InChI is InChI=1S/C17H18ClNO2/c1-21-16-10-9-14(12-15(16)18)17(20)19-11-5-8-13-6-3-2-4-7-13/h2-4,6-7,9-10,12H,5,8,11H2,1H3,(H,19,20). The number of benzene rings is 2. The van der Waals surface area contributed by atoms with Crippen molar-refractivity contribution >= 4 is 17.5 Å². The largest absolute Gasteiger partial charge is 0.495 e. The molecule has 3 nitrogen and oxygen atoms in total. The van der Waals surface area contributed by atoms with Crippen molar-refractivity contribution in [3.05, 3.63) is 64.7 Å². The van der Waals surface area contributed by atoms with E-state index in [4.69, 9.17) is 16.3 Å². The molecule has 0 atom stereocenters. The Bertz CT molecular complexity index is 599. The van der Waals surface area contributed by atoms with Crippen LogP contribution in [0.3, 0.4) is 0 Å². The molecule has 2 rings (SSSR count). The zero-order chi connectivity index (χ0) is 15.1. The zero-order valence-corrected chi connectivity index (χ0v) is 12.7. The van der Waals surface area contributed by atoms with E-state index in [1.807, 2.05) is 18.2 Å². The summed E-state index contributed by atoms with van der Waals surface area (Å²) in [5.41, 5.74) is 1.82. The molecule has 0 heterocycles. The van der Waals surface area contributed by atoms with Crippen LogP contribution >= 0.6 is 11.6 Å². The maximum absolute atomic E-state index is 12.0. The summed E-state index contributed by atoms with van der Waals surface area (Å²) in [4.78, 5) is 12.0. The van der Waals surface area contributed by atoms with Crippen molar-refractivity contribution in [3.8, 4) is 5.75 Å². The van der Waals surface area contributed by atoms with Gasteiger partial charge in [0, 0.05) is 12.1 Å². The normalized spacial score (nSPS) is 10.2. The molecule has 0 unspecified atom stereocenters. The maximum Gasteiger partial charge on any atom is 0.251 e. The number of rotatable bonds is 6. The third kappa shape index (κ3) is 4.50. The number of hydrogen-bond acceptors (Lipinski definition) is 2. The highest BCUT2D eigenvalue weighted by Crippen LogP contribution is 2.24. The van der Waals surface area contributed by atoms with Gasteiger partial charge < -0.3 is 10.1 Å². The minimum absolute atomic E-state index is 0.118. The van der Waals surface area contributed by atoms with Gasteiger partial charge in [0.05, 0.1) is 12.1 Å². The quantitative estimate of drug-likeness (QED) is 0.826. The second-order valence-electron chi connectivity index (χ2n) is 4.69. The Morgan fingerprint density at radius 3 is 2.62 bits per heavy atom. The topological polar surface area (TPSA) is 38.3 Å². The number of methoxy groups -OCH3 is 1. The van der Waals surface area contributed by atoms with Gasteiger partial charge in [-0.3, -0.25) is 4.79 Å². The summed E-state index contributed by atoms with van der Waals surface area (Å²) in [6.07, 6.45) is 1.85. The number of amides is 1. The predicted octanol–water partition coefficient (Wildman–Crippen LogP) is 3.71. The van der Waals surface area contributed by atoms with Crippen LogP contribution in [0, 0.1) is 0 Å². The monoisotopic (exact) mass is 303 g/mol. The summed E-state index contributed by atoms with van der Waals surface area (Å²) in [6.45, 7) is 0.636. The van der Waals surface area contributed by atoms with Crippen LogP contribution in [-0.4, -0.2) is 19.6 Å². The first-order valence-electron chi connectivity index (χ1n) is 6.86. The lowest BCUT2D eigenvalue weighted by atomic mass is 10.1. The molecule has 0 aliphatic rings. The fourth-order valence-electron chi connectivity index (χ4n) is 2.05. The van der Waals surface area contributed by atoms with Gasteiger partial charge >= 0.3 is 0 Å². The fourth-order valence-corrected chi connectivity index (χ4v) is 2.31. The van der Waals surface area contributed by atoms with Gasteiger partial charge in [0.1, 0.15) is 5.75 Å². The first-order chi connectivity index (χ1) is 10.2. The summed E-state index contributed by atoms with van der Waals surface area (Å²) in [5.74, 6) is 0.449. The van der Waals surface area contributed by atoms with Crippen LogP contribution in [-0.2, 0) is 6.42 Å². The minimum Gasteiger partial charge on any atom is -0.495 e. The smallest absolute Gasteiger partial charge is 0.251 e. The average Bonchev–Trinajstić information content (AvgIpc) is 2.52. The zero-order valence-electron chi connectivity index (χ0n) is 11.9. The summed E-state index contributed by atoms with van der Waals surface area (Å²) in [6, 6.07) is 15.2. The molecule has 2 aromatic rings. The molecule has 1 amide bonds. The molecule has 0 saturated heterocycles. The summed E-state index contributed by atoms with van der Waals surface area (Å²) in [7, 11) is 1.55. The van der Waals surface area contributed by atoms with E-state index in [1.54, 1.807) is 25.3 Å². The van der Waals surface area contributed by atoms with Gasteiger partial charge in [-0.1, -0.05) is 41.9 Å². The van der Waals surface area contributed by atoms with E-state index in [9.17, 15) is 4.79 Å². The van der Waals surface area contributed by atoms with Gasteiger partial charge in [0.15, 0.2) is 0 Å². The molecule has 0 aliphatic carbocycles. The van der Waals surface area contributed by atoms with Crippen LogP contribution in [0.4, 0.5) is 0 Å². The van der Waals surface area contributed by atoms with Crippen molar-refractivity contribution in [1.29, 1.82) is 0 Å². The lowest BCUT2D eigenvalue weighted by molar-refractivity contribution is 0.0953. The molecule has 0 saturated carbocycles. The van der Waals surface area contributed by atoms with Crippen LogP contribution in [0.1, 0.15) is 22.3 Å². The number of nitrogens with one attached hydrogen (secondary N) is 1. The molecule has 0 fully saturated rings. The SMILES string of the molecule is COc1ccc(C(=O)NCCCc2ccccc2)cc1Cl. The van der Waals surface area contributed by atoms with Crippen molar-refractivity contribution in [1.82, 2.24) is 5.32 Å². The van der Waals surface area contributed by atoms with E-state index in [2.05, 4.69) is 17.4 Å². The van der Waals surface area contributed by atoms with Crippen molar-refractivity contribution in [3.63, 3.8) is 0 Å². The molecule has 0 aliphatic heterocycles. The predicted molar refractivity (Wildman–Crippen MR) is 85.1 cm³/mol. The van der Waals surface area contributed by atoms with Crippen LogP contribution in [0.2, 0.25) is 5.02 Å². The maximum atomic E-state index is 12.0. The molecular weight excluding hydrogens is 286 g/mol. The van der Waals surface area contributed by atoms with Crippen LogP contribution in [0.25, 0.3) is 0 Å². The van der Waals surface area contributed by atoms with Crippen molar-refractivity contribution < 1.29 is 9.53 Å². The fraction of sp³-hybridized carbons (Fsp3) is 0.235. The second kappa shape index (κ2) is 7.70. The molecule has 0 aromatic heterocycles. The second-order valence-corrected chi connectivity index (χ2v) is 5.10. The Balaban J connectivity index is 1.80. The van der Waals surface area contributed by atoms with E-state index in [0.717, 1.165) is 12.8 Å². The minimum atomic E-state index is -0.118. The third-order valence-electron chi connectivity index (χ3n) is 3.18. The number of carbonyl (C=O) groups is 1. The highest BCUT2D eigenvalue weighted by molar-refractivity contribution is 6.32. The van der Waals surface area contributed by atoms with Crippen LogP contribution in [0.15, 0.2) is 48.5 Å². The summed E-state index contributed by atoms with van der Waals surface area (Å²) >= 11 is 6.01. The molecular formula is C17H18ClNO2. The van der Waals surface area contributed by atoms with E-state index in [0.29, 0.717) is 22.9 Å². The summed E-state index contributed by atoms with van der Waals surface area (Å²) in [5, 5.41) is 3.33. The van der Waals surface area contributed by atoms with Gasteiger partial charge in [-0.25, -0.2) is 0 Å². The summed E-state index contributed by atoms with van der Waals surface area (Å²) < 4.78 is 5.06. The molecule has 0 radical (unpaired) electrons. The Labute approximate surface area is 129 Å². The Morgan fingerprint density at radius 2 is 1.95 bits per heavy atom. The van der Waals surface area contributed by atoms with E-state index in [-0.39, 0.29) is 5.91 Å². The number of hydrogen-bond donors (Lipinski definition) is 1. The van der Waals surface area contributed by atoms with Crippen molar-refractivity contribution in [2.24, 2.45) is 0 Å². The number of aryl methyl sites for hydroxylation is 1. The lowest BCUT2D eigenvalue weighted by Crippen LogP contribution is -2.24. The molecule has 0 spiro atoms. The highest BCUT2D eigenvalue weighted by atomic mass is 35.5. The Morgan fingerprint density at radius 1 is 1.19 bits per heavy atom. The molecule has 4 heteroatoms. The molecule has 1 N–H and O–H groups in total. The van der Waals surface area contributed by atoms with Gasteiger partial charge in [-0.05, 0) is 36.6 Å². The van der Waals surface area contributed by atoms with Gasteiger partial charge in [0.25, 0.3) is 5.91 Å². The Kier molecular flexibility index (Phi) is 5.64. The number of halogens is 1. The van der Waals surface area contributed by atoms with Gasteiger partial charge in [0.2, 0.25) is 0 Å². The van der Waals surface area contributed by atoms with E-state index in [1.165, 1.54) is 5.56 Å². The van der Waals surface area contributed by atoms with Crippen molar-refractivity contribution in [2.75, 3.05) is 13.7 Å². The molecule has 110 valence electrons. The Hall–Kier alpha value is -2.00. The van der Waals surface area contributed by atoms with Crippen LogP contribution in [0.5, 0.6) is 5.75 Å². The number of ether oxygens (including phenoxy) is 1. The van der Waals surface area contributed by atoms with E-state index < -0.39 is 0 Å². The third-order valence-corrected chi connectivity index (χ3v) is 3.48. The average molecular weight is 304 g/mol. The van der Waals surface area contributed by atoms with Gasteiger partial charge in [-0.2, -0.15) is 0 Å². The van der Waals surface area contributed by atoms with Crippen molar-refractivity contribution in [2.45, 2.75) is 12.8 Å².